The summed E-state index contributed by atoms with van der Waals surface area (Å²) in [6.45, 7) is 7.96. The minimum Gasteiger partial charge on any atom is -0.376 e. The van der Waals surface area contributed by atoms with E-state index in [2.05, 4.69) is 32.2 Å². The van der Waals surface area contributed by atoms with Gasteiger partial charge in [-0.25, -0.2) is 0 Å². The van der Waals surface area contributed by atoms with E-state index in [0.717, 1.165) is 16.8 Å². The summed E-state index contributed by atoms with van der Waals surface area (Å²) in [5.41, 5.74) is 4.21. The van der Waals surface area contributed by atoms with Gasteiger partial charge < -0.3 is 5.32 Å². The van der Waals surface area contributed by atoms with Gasteiger partial charge in [0, 0.05) is 16.8 Å². The zero-order valence-corrected chi connectivity index (χ0v) is 10.2. The summed E-state index contributed by atoms with van der Waals surface area (Å²) in [7, 11) is 0. The van der Waals surface area contributed by atoms with Crippen LogP contribution in [0, 0.1) is 0 Å². The van der Waals surface area contributed by atoms with Crippen molar-refractivity contribution in [2.45, 2.75) is 33.2 Å². The highest BCUT2D eigenvalue weighted by Gasteiger charge is 2.22. The molecule has 0 saturated carbocycles. The van der Waals surface area contributed by atoms with E-state index >= 15 is 0 Å². The second kappa shape index (κ2) is 3.48. The Bertz CT molecular complexity index is 484. The van der Waals surface area contributed by atoms with Crippen LogP contribution in [0.5, 0.6) is 0 Å². The molecular formula is C14H17NO. The van der Waals surface area contributed by atoms with Gasteiger partial charge in [-0.3, -0.25) is 4.79 Å². The Balaban J connectivity index is 2.54. The second-order valence-corrected chi connectivity index (χ2v) is 4.99. The van der Waals surface area contributed by atoms with Crippen molar-refractivity contribution in [2.75, 3.05) is 5.32 Å². The van der Waals surface area contributed by atoms with E-state index in [4.69, 9.17) is 0 Å². The molecule has 84 valence electrons. The summed E-state index contributed by atoms with van der Waals surface area (Å²) in [6.07, 6.45) is 2.19. The number of Topliss-reactive ketones (excluding diaryl/α,β-unsaturated/α-hetero) is 1. The molecule has 0 aromatic heterocycles. The van der Waals surface area contributed by atoms with Crippen LogP contribution in [-0.4, -0.2) is 11.3 Å². The monoisotopic (exact) mass is 215 g/mol. The molecule has 0 bridgehead atoms. The molecule has 2 nitrogen and oxygen atoms in total. The fourth-order valence-electron chi connectivity index (χ4n) is 2.20. The van der Waals surface area contributed by atoms with Crippen molar-refractivity contribution in [3.05, 3.63) is 35.4 Å². The Morgan fingerprint density at radius 2 is 2.00 bits per heavy atom. The summed E-state index contributed by atoms with van der Waals surface area (Å²) in [4.78, 5) is 11.3. The maximum atomic E-state index is 11.3. The molecular weight excluding hydrogens is 198 g/mol. The zero-order chi connectivity index (χ0) is 11.9. The van der Waals surface area contributed by atoms with Crippen molar-refractivity contribution >= 4 is 17.0 Å². The van der Waals surface area contributed by atoms with Crippen LogP contribution in [0.3, 0.4) is 0 Å². The van der Waals surface area contributed by atoms with Crippen molar-refractivity contribution in [1.82, 2.24) is 0 Å². The summed E-state index contributed by atoms with van der Waals surface area (Å²) in [5, 5.41) is 3.45. The van der Waals surface area contributed by atoms with Crippen LogP contribution in [0.25, 0.3) is 5.57 Å². The molecule has 1 aromatic rings. The quantitative estimate of drug-likeness (QED) is 0.726. The summed E-state index contributed by atoms with van der Waals surface area (Å²) in [5.74, 6) is 0.112. The van der Waals surface area contributed by atoms with Gasteiger partial charge in [-0.15, -0.1) is 0 Å². The first-order valence-corrected chi connectivity index (χ1v) is 5.52. The molecule has 0 amide bonds. The van der Waals surface area contributed by atoms with E-state index in [1.807, 2.05) is 18.2 Å². The number of fused-ring (bicyclic) bond motifs is 1. The number of anilines is 1. The Labute approximate surface area is 96.4 Å². The van der Waals surface area contributed by atoms with Crippen LogP contribution in [0.1, 0.15) is 43.6 Å². The highest BCUT2D eigenvalue weighted by Crippen LogP contribution is 2.33. The average molecular weight is 215 g/mol. The number of rotatable bonds is 1. The van der Waals surface area contributed by atoms with E-state index in [9.17, 15) is 4.79 Å². The Hall–Kier alpha value is -1.57. The molecule has 0 atom stereocenters. The summed E-state index contributed by atoms with van der Waals surface area (Å²) in [6, 6.07) is 5.83. The van der Waals surface area contributed by atoms with Gasteiger partial charge in [-0.2, -0.15) is 0 Å². The standard InChI is InChI=1S/C14H17NO/c1-9-8-14(3,4)15-13-6-5-11(10(2)16)7-12(9)13/h5-8,15H,1-4H3. The minimum atomic E-state index is -0.0190. The first-order chi connectivity index (χ1) is 7.39. The molecule has 0 unspecified atom stereocenters. The number of hydrogen-bond acceptors (Lipinski definition) is 2. The van der Waals surface area contributed by atoms with Crippen LogP contribution in [0.4, 0.5) is 5.69 Å². The molecule has 16 heavy (non-hydrogen) atoms. The SMILES string of the molecule is CC(=O)c1ccc2c(c1)C(C)=CC(C)(C)N2. The van der Waals surface area contributed by atoms with Gasteiger partial charge in [-0.1, -0.05) is 6.08 Å². The molecule has 2 heteroatoms. The molecule has 2 rings (SSSR count). The van der Waals surface area contributed by atoms with Gasteiger partial charge in [0.1, 0.15) is 0 Å². The second-order valence-electron chi connectivity index (χ2n) is 4.99. The number of carbonyl (C=O) groups excluding carboxylic acids is 1. The topological polar surface area (TPSA) is 29.1 Å². The van der Waals surface area contributed by atoms with Gasteiger partial charge in [0.15, 0.2) is 5.78 Å². The molecule has 0 aliphatic carbocycles. The van der Waals surface area contributed by atoms with Crippen LogP contribution in [0.15, 0.2) is 24.3 Å². The van der Waals surface area contributed by atoms with Gasteiger partial charge in [-0.05, 0) is 51.5 Å². The Morgan fingerprint density at radius 1 is 1.31 bits per heavy atom. The normalized spacial score (nSPS) is 17.1. The predicted molar refractivity (Wildman–Crippen MR) is 67.8 cm³/mol. The van der Waals surface area contributed by atoms with Crippen molar-refractivity contribution in [1.29, 1.82) is 0 Å². The summed E-state index contributed by atoms with van der Waals surface area (Å²) >= 11 is 0. The van der Waals surface area contributed by atoms with Gasteiger partial charge in [0.05, 0.1) is 5.54 Å². The van der Waals surface area contributed by atoms with Crippen LogP contribution < -0.4 is 5.32 Å². The third-order valence-corrected chi connectivity index (χ3v) is 2.89. The third kappa shape index (κ3) is 1.87. The number of ketones is 1. The van der Waals surface area contributed by atoms with E-state index in [1.165, 1.54) is 5.57 Å². The smallest absolute Gasteiger partial charge is 0.159 e. The molecule has 1 aliphatic heterocycles. The fraction of sp³-hybridized carbons (Fsp3) is 0.357. The van der Waals surface area contributed by atoms with Crippen molar-refractivity contribution in [3.63, 3.8) is 0 Å². The molecule has 1 N–H and O–H groups in total. The van der Waals surface area contributed by atoms with Crippen LogP contribution in [-0.2, 0) is 0 Å². The maximum Gasteiger partial charge on any atom is 0.159 e. The van der Waals surface area contributed by atoms with Crippen molar-refractivity contribution < 1.29 is 4.79 Å². The molecule has 1 aromatic carbocycles. The largest absolute Gasteiger partial charge is 0.376 e. The third-order valence-electron chi connectivity index (χ3n) is 2.89. The van der Waals surface area contributed by atoms with E-state index in [-0.39, 0.29) is 11.3 Å². The van der Waals surface area contributed by atoms with E-state index in [1.54, 1.807) is 6.92 Å². The number of benzene rings is 1. The zero-order valence-electron chi connectivity index (χ0n) is 10.2. The molecule has 0 spiro atoms. The summed E-state index contributed by atoms with van der Waals surface area (Å²) < 4.78 is 0. The molecule has 0 saturated heterocycles. The lowest BCUT2D eigenvalue weighted by Gasteiger charge is -2.31. The van der Waals surface area contributed by atoms with Crippen LogP contribution in [0.2, 0.25) is 0 Å². The number of nitrogens with one attached hydrogen (secondary N) is 1. The molecule has 0 fully saturated rings. The highest BCUT2D eigenvalue weighted by atomic mass is 16.1. The number of carbonyl (C=O) groups is 1. The first kappa shape index (κ1) is 10.9. The Morgan fingerprint density at radius 3 is 2.62 bits per heavy atom. The number of hydrogen-bond donors (Lipinski definition) is 1. The van der Waals surface area contributed by atoms with Gasteiger partial charge >= 0.3 is 0 Å². The average Bonchev–Trinajstić information content (AvgIpc) is 2.15. The minimum absolute atomic E-state index is 0.0190. The fourth-order valence-corrected chi connectivity index (χ4v) is 2.20. The lowest BCUT2D eigenvalue weighted by atomic mass is 9.90. The molecule has 0 radical (unpaired) electrons. The van der Waals surface area contributed by atoms with Crippen molar-refractivity contribution in [2.24, 2.45) is 0 Å². The first-order valence-electron chi connectivity index (χ1n) is 5.52. The molecule has 1 aliphatic rings. The highest BCUT2D eigenvalue weighted by molar-refractivity contribution is 5.96. The van der Waals surface area contributed by atoms with E-state index in [0.29, 0.717) is 0 Å². The van der Waals surface area contributed by atoms with Gasteiger partial charge in [0.2, 0.25) is 0 Å². The lowest BCUT2D eigenvalue weighted by molar-refractivity contribution is 0.101. The van der Waals surface area contributed by atoms with Crippen molar-refractivity contribution in [3.8, 4) is 0 Å². The molecule has 1 heterocycles. The van der Waals surface area contributed by atoms with E-state index < -0.39 is 0 Å². The lowest BCUT2D eigenvalue weighted by Crippen LogP contribution is -2.31. The predicted octanol–water partition coefficient (Wildman–Crippen LogP) is 3.50. The number of allylic oxidation sites excluding steroid dienone is 1. The van der Waals surface area contributed by atoms with Gasteiger partial charge in [0.25, 0.3) is 0 Å². The maximum absolute atomic E-state index is 11.3. The Kier molecular flexibility index (Phi) is 2.38. The van der Waals surface area contributed by atoms with Crippen LogP contribution >= 0.6 is 0 Å².